The smallest absolute Gasteiger partial charge is 1.00 e. The third-order valence-electron chi connectivity index (χ3n) is 3.46. The SMILES string of the molecule is C[SiH](C)N[SiH3].C[SiH](C)N[SiH3].C[SiH](C)N[SiH3].C[SiH](C)N[SiH3].C[SiH](C)N[SiH3].C[SiH](C)N[SiH3].[H-].[Li+]. The average Bonchev–Trinajstić information content (AvgIpc) is 2.69. The third kappa shape index (κ3) is 141. The summed E-state index contributed by atoms with van der Waals surface area (Å²) < 4.78 is 19.8. The summed E-state index contributed by atoms with van der Waals surface area (Å²) in [5.41, 5.74) is 0. The molecule has 0 radical (unpaired) electrons. The molecule has 0 heterocycles. The molecule has 0 aromatic heterocycles. The Morgan fingerprint density at radius 2 is 0.355 bits per heavy atom. The van der Waals surface area contributed by atoms with E-state index < -0.39 is 0 Å². The topological polar surface area (TPSA) is 72.2 Å². The van der Waals surface area contributed by atoms with Crippen molar-refractivity contribution in [2.75, 3.05) is 0 Å². The molecule has 0 rings (SSSR count). The Hall–Kier alpha value is 2.96. The maximum absolute atomic E-state index is 3.31. The van der Waals surface area contributed by atoms with Gasteiger partial charge in [-0.25, -0.2) is 0 Å². The Balaban J connectivity index is -0.0000000356. The first-order valence-electron chi connectivity index (χ1n) is 11.7. The Morgan fingerprint density at radius 3 is 0.355 bits per heavy atom. The van der Waals surface area contributed by atoms with Crippen molar-refractivity contribution in [2.24, 2.45) is 0 Å². The zero-order valence-corrected chi connectivity index (χ0v) is 44.4. The van der Waals surface area contributed by atoms with Crippen molar-refractivity contribution < 1.29 is 20.3 Å². The molecular weight excluding hydrogens is 572 g/mol. The van der Waals surface area contributed by atoms with E-state index >= 15 is 0 Å². The van der Waals surface area contributed by atoms with Gasteiger partial charge in [0.2, 0.25) is 0 Å². The quantitative estimate of drug-likeness (QED) is 0.163. The van der Waals surface area contributed by atoms with E-state index in [2.05, 4.69) is 106 Å². The Bertz CT molecular complexity index is 204. The maximum atomic E-state index is 3.31. The first-order chi connectivity index (χ1) is 13.6. The molecule has 6 nitrogen and oxygen atoms in total. The molecule has 0 aromatic rings. The minimum Gasteiger partial charge on any atom is -1.00 e. The van der Waals surface area contributed by atoms with Crippen LogP contribution in [0.1, 0.15) is 1.43 Å². The fourth-order valence-electron chi connectivity index (χ4n) is 0. The van der Waals surface area contributed by atoms with E-state index in [0.29, 0.717) is 0 Å². The molecule has 0 aliphatic heterocycles. The summed E-state index contributed by atoms with van der Waals surface area (Å²) in [6.45, 7) is 27.4. The molecule has 194 valence electrons. The van der Waals surface area contributed by atoms with E-state index in [1.165, 1.54) is 62.4 Å². The summed E-state index contributed by atoms with van der Waals surface area (Å²) in [7, 11) is 5.08. The second-order valence-electron chi connectivity index (χ2n) is 8.66. The second kappa shape index (κ2) is 46.3. The van der Waals surface area contributed by atoms with Gasteiger partial charge < -0.3 is 29.3 Å². The monoisotopic (exact) mass is 638 g/mol. The summed E-state index contributed by atoms with van der Waals surface area (Å²) >= 11 is 0. The van der Waals surface area contributed by atoms with Crippen LogP contribution in [0.25, 0.3) is 0 Å². The fraction of sp³-hybridized carbons (Fsp3) is 1.00. The van der Waals surface area contributed by atoms with Crippen LogP contribution in [0.5, 0.6) is 0 Å². The Kier molecular flexibility index (Phi) is 75.8. The van der Waals surface area contributed by atoms with E-state index in [1.807, 2.05) is 0 Å². The number of nitrogens with one attached hydrogen (secondary N) is 6. The predicted molar refractivity (Wildman–Crippen MR) is 193 cm³/mol. The fourth-order valence-corrected chi connectivity index (χ4v) is 0. The molecule has 6 N–H and O–H groups in total. The molecule has 0 saturated carbocycles. The second-order valence-corrected chi connectivity index (χ2v) is 36.4. The van der Waals surface area contributed by atoms with Crippen molar-refractivity contribution in [3.8, 4) is 0 Å². The maximum Gasteiger partial charge on any atom is 1.00 e. The average molecular weight is 640 g/mol. The number of hydrogen-bond donors (Lipinski definition) is 6. The van der Waals surface area contributed by atoms with E-state index in [4.69, 9.17) is 0 Å². The van der Waals surface area contributed by atoms with Crippen LogP contribution in [0.3, 0.4) is 0 Å². The molecular formula is C12H67LiN6Si12. The van der Waals surface area contributed by atoms with Gasteiger partial charge in [-0.2, -0.15) is 0 Å². The minimum absolute atomic E-state index is 0. The molecule has 19 heteroatoms. The summed E-state index contributed by atoms with van der Waals surface area (Å²) in [4.78, 5) is 0. The number of rotatable bonds is 6. The van der Waals surface area contributed by atoms with Gasteiger partial charge in [0, 0.05) is 0 Å². The van der Waals surface area contributed by atoms with Gasteiger partial charge in [0.15, 0.2) is 0 Å². The van der Waals surface area contributed by atoms with E-state index in [0.717, 1.165) is 0 Å². The first-order valence-corrected chi connectivity index (χ1v) is 35.0. The van der Waals surface area contributed by atoms with Crippen LogP contribution in [-0.4, -0.2) is 116 Å². The van der Waals surface area contributed by atoms with Crippen molar-refractivity contribution in [1.29, 1.82) is 0 Å². The molecule has 0 aromatic carbocycles. The third-order valence-corrected chi connectivity index (χ3v) is 31.2. The van der Waals surface area contributed by atoms with Gasteiger partial charge in [-0.3, -0.25) is 0 Å². The molecule has 0 bridgehead atoms. The number of hydrogen-bond acceptors (Lipinski definition) is 6. The first kappa shape index (κ1) is 50.8. The van der Waals surface area contributed by atoms with Crippen LogP contribution in [0.15, 0.2) is 0 Å². The predicted octanol–water partition coefficient (Wildman–Crippen LogP) is -9.84. The molecule has 0 saturated heterocycles. The van der Waals surface area contributed by atoms with Crippen molar-refractivity contribution >= 4 is 116 Å². The minimum atomic E-state index is -0.338. The molecule has 0 aliphatic rings. The largest absolute Gasteiger partial charge is 1.00 e. The molecule has 0 spiro atoms. The van der Waals surface area contributed by atoms with Gasteiger partial charge >= 0.3 is 18.9 Å². The van der Waals surface area contributed by atoms with Crippen molar-refractivity contribution in [1.82, 2.24) is 27.9 Å². The van der Waals surface area contributed by atoms with Gasteiger partial charge in [0.05, 0.1) is 116 Å². The summed E-state index contributed by atoms with van der Waals surface area (Å²) in [6, 6.07) is 0. The van der Waals surface area contributed by atoms with Gasteiger partial charge in [0.25, 0.3) is 0 Å². The van der Waals surface area contributed by atoms with Crippen molar-refractivity contribution in [3.63, 3.8) is 0 Å². The van der Waals surface area contributed by atoms with Crippen molar-refractivity contribution in [2.45, 2.75) is 78.6 Å². The van der Waals surface area contributed by atoms with Crippen LogP contribution in [-0.2, 0) is 0 Å². The van der Waals surface area contributed by atoms with Crippen LogP contribution in [0.2, 0.25) is 78.6 Å². The molecule has 0 atom stereocenters. The standard InChI is InChI=1S/6C2H11NSi2.Li.H/c6*1-5(2)3-4;;/h6*3,5H,1-2,4H3;;/q;;;;;;+1;-1. The van der Waals surface area contributed by atoms with Crippen LogP contribution >= 0.6 is 0 Å². The molecule has 0 unspecified atom stereocenters. The molecule has 0 amide bonds. The van der Waals surface area contributed by atoms with E-state index in [1.54, 1.807) is 0 Å². The van der Waals surface area contributed by atoms with Gasteiger partial charge in [-0.05, 0) is 0 Å². The van der Waals surface area contributed by atoms with E-state index in [9.17, 15) is 0 Å². The summed E-state index contributed by atoms with van der Waals surface area (Å²) in [5, 5.41) is 0. The van der Waals surface area contributed by atoms with E-state index in [-0.39, 0.29) is 74.0 Å². The molecule has 0 fully saturated rings. The van der Waals surface area contributed by atoms with Crippen molar-refractivity contribution in [3.05, 3.63) is 0 Å². The Morgan fingerprint density at radius 1 is 0.323 bits per heavy atom. The summed E-state index contributed by atoms with van der Waals surface area (Å²) in [5.74, 6) is 0. The summed E-state index contributed by atoms with van der Waals surface area (Å²) in [6.07, 6.45) is 0. The van der Waals surface area contributed by atoms with Gasteiger partial charge in [-0.1, -0.05) is 78.6 Å². The van der Waals surface area contributed by atoms with Gasteiger partial charge in [0.1, 0.15) is 0 Å². The van der Waals surface area contributed by atoms with Crippen LogP contribution in [0, 0.1) is 0 Å². The normalized spacial score (nSPS) is 9.87. The zero-order chi connectivity index (χ0) is 25.7. The molecule has 31 heavy (non-hydrogen) atoms. The molecule has 0 aliphatic carbocycles. The Labute approximate surface area is 241 Å². The van der Waals surface area contributed by atoms with Crippen LogP contribution in [0.4, 0.5) is 0 Å². The zero-order valence-electron chi connectivity index (χ0n) is 26.5. The van der Waals surface area contributed by atoms with Gasteiger partial charge in [-0.15, -0.1) is 0 Å². The van der Waals surface area contributed by atoms with Crippen LogP contribution < -0.4 is 46.7 Å².